The van der Waals surface area contributed by atoms with Crippen molar-refractivity contribution in [3.63, 3.8) is 0 Å². The van der Waals surface area contributed by atoms with Gasteiger partial charge in [0.25, 0.3) is 5.91 Å². The lowest BCUT2D eigenvalue weighted by Gasteiger charge is -2.26. The summed E-state index contributed by atoms with van der Waals surface area (Å²) < 4.78 is 14.2. The topological polar surface area (TPSA) is 41.9 Å². The number of thiophene rings is 1. The van der Waals surface area contributed by atoms with Gasteiger partial charge in [-0.25, -0.2) is 4.39 Å². The van der Waals surface area contributed by atoms with Crippen molar-refractivity contribution in [3.05, 3.63) is 57.0 Å². The first-order chi connectivity index (χ1) is 12.1. The lowest BCUT2D eigenvalue weighted by molar-refractivity contribution is -0.143. The Morgan fingerprint density at radius 1 is 1.36 bits per heavy atom. The van der Waals surface area contributed by atoms with Crippen molar-refractivity contribution < 1.29 is 14.0 Å². The van der Waals surface area contributed by atoms with E-state index >= 15 is 0 Å². The van der Waals surface area contributed by atoms with Crippen molar-refractivity contribution in [2.75, 3.05) is 6.54 Å². The number of carbonyl (C=O) groups is 1. The maximum Gasteiger partial charge on any atom is 0.267 e. The highest BCUT2D eigenvalue weighted by Gasteiger charge is 2.38. The van der Waals surface area contributed by atoms with E-state index in [0.29, 0.717) is 17.3 Å². The Morgan fingerprint density at radius 3 is 3.00 bits per heavy atom. The summed E-state index contributed by atoms with van der Waals surface area (Å²) in [5.41, 5.74) is 1.58. The number of benzene rings is 1. The van der Waals surface area contributed by atoms with Gasteiger partial charge in [-0.05, 0) is 42.7 Å². The maximum absolute atomic E-state index is 13.5. The molecule has 2 aliphatic rings. The second kappa shape index (κ2) is 6.77. The Bertz CT molecular complexity index is 838. The molecule has 25 heavy (non-hydrogen) atoms. The average molecular weight is 379 g/mol. The summed E-state index contributed by atoms with van der Waals surface area (Å²) >= 11 is 7.38. The Hall–Kier alpha value is -1.92. The molecule has 1 fully saturated rings. The van der Waals surface area contributed by atoms with Gasteiger partial charge in [-0.3, -0.25) is 4.79 Å². The van der Waals surface area contributed by atoms with Gasteiger partial charge in [0, 0.05) is 13.0 Å². The fourth-order valence-corrected chi connectivity index (χ4v) is 4.43. The molecule has 1 saturated heterocycles. The smallest absolute Gasteiger partial charge is 0.267 e. The van der Waals surface area contributed by atoms with Gasteiger partial charge in [-0.1, -0.05) is 28.9 Å². The number of amides is 1. The van der Waals surface area contributed by atoms with Crippen molar-refractivity contribution in [2.45, 2.75) is 31.4 Å². The number of carbonyl (C=O) groups excluding carboxylic acids is 1. The van der Waals surface area contributed by atoms with Gasteiger partial charge in [0.1, 0.15) is 11.5 Å². The van der Waals surface area contributed by atoms with Crippen LogP contribution in [-0.2, 0) is 9.63 Å². The van der Waals surface area contributed by atoms with E-state index in [4.69, 9.17) is 16.4 Å². The molecule has 0 unspecified atom stereocenters. The Kier molecular flexibility index (Phi) is 4.48. The van der Waals surface area contributed by atoms with E-state index in [1.807, 2.05) is 12.1 Å². The van der Waals surface area contributed by atoms with E-state index in [1.165, 1.54) is 23.5 Å². The normalized spacial score (nSPS) is 22.8. The van der Waals surface area contributed by atoms with Crippen LogP contribution >= 0.6 is 22.9 Å². The van der Waals surface area contributed by atoms with Crippen LogP contribution in [-0.4, -0.2) is 29.2 Å². The molecule has 1 amide bonds. The Morgan fingerprint density at radius 2 is 2.24 bits per heavy atom. The molecule has 2 aromatic rings. The number of nitrogens with zero attached hydrogens (tertiary/aromatic N) is 2. The standard InChI is InChI=1S/C18H16ClFN2O2S/c19-17-7-6-16(25-17)13-10-15(24-21-13)18(23)22-8-2-5-14(22)11-3-1-4-12(20)9-11/h1,3-4,6-7,9,14-15H,2,5,8,10H2/t14-,15-/m0/s1. The first kappa shape index (κ1) is 16.5. The maximum atomic E-state index is 13.5. The summed E-state index contributed by atoms with van der Waals surface area (Å²) in [4.78, 5) is 21.0. The van der Waals surface area contributed by atoms with Crippen LogP contribution in [0.3, 0.4) is 0 Å². The number of rotatable bonds is 3. The van der Waals surface area contributed by atoms with E-state index in [0.717, 1.165) is 29.0 Å². The molecule has 7 heteroatoms. The average Bonchev–Trinajstić information content (AvgIpc) is 3.34. The van der Waals surface area contributed by atoms with E-state index in [2.05, 4.69) is 5.16 Å². The predicted molar refractivity (Wildman–Crippen MR) is 95.4 cm³/mol. The lowest BCUT2D eigenvalue weighted by Crippen LogP contribution is -2.38. The molecule has 0 saturated carbocycles. The molecule has 0 spiro atoms. The van der Waals surface area contributed by atoms with Crippen molar-refractivity contribution in [3.8, 4) is 0 Å². The highest BCUT2D eigenvalue weighted by Crippen LogP contribution is 2.34. The highest BCUT2D eigenvalue weighted by molar-refractivity contribution is 7.18. The quantitative estimate of drug-likeness (QED) is 0.794. The molecule has 3 heterocycles. The van der Waals surface area contributed by atoms with Gasteiger partial charge in [0.15, 0.2) is 0 Å². The molecule has 4 nitrogen and oxygen atoms in total. The van der Waals surface area contributed by atoms with Gasteiger partial charge in [-0.15, -0.1) is 11.3 Å². The second-order valence-corrected chi connectivity index (χ2v) is 7.90. The van der Waals surface area contributed by atoms with Crippen LogP contribution in [0, 0.1) is 5.82 Å². The van der Waals surface area contributed by atoms with Crippen molar-refractivity contribution in [1.82, 2.24) is 4.90 Å². The van der Waals surface area contributed by atoms with E-state index in [9.17, 15) is 9.18 Å². The van der Waals surface area contributed by atoms with Crippen molar-refractivity contribution >= 4 is 34.6 Å². The number of oxime groups is 1. The third kappa shape index (κ3) is 3.28. The van der Waals surface area contributed by atoms with Gasteiger partial charge >= 0.3 is 0 Å². The van der Waals surface area contributed by atoms with Crippen LogP contribution in [0.2, 0.25) is 4.34 Å². The number of likely N-dealkylation sites (tertiary alicyclic amines) is 1. The molecule has 0 N–H and O–H groups in total. The summed E-state index contributed by atoms with van der Waals surface area (Å²) in [6.07, 6.45) is 1.54. The predicted octanol–water partition coefficient (Wildman–Crippen LogP) is 4.40. The lowest BCUT2D eigenvalue weighted by atomic mass is 10.0. The molecule has 1 aromatic heterocycles. The minimum Gasteiger partial charge on any atom is -0.382 e. The minimum atomic E-state index is -0.620. The Balaban J connectivity index is 1.48. The van der Waals surface area contributed by atoms with Gasteiger partial charge in [0.2, 0.25) is 6.10 Å². The number of hydrogen-bond acceptors (Lipinski definition) is 4. The zero-order valence-corrected chi connectivity index (χ0v) is 14.9. The highest BCUT2D eigenvalue weighted by atomic mass is 35.5. The zero-order valence-electron chi connectivity index (χ0n) is 13.3. The zero-order chi connectivity index (χ0) is 17.4. The summed E-state index contributed by atoms with van der Waals surface area (Å²) in [5, 5.41) is 4.07. The molecular weight excluding hydrogens is 363 g/mol. The summed E-state index contributed by atoms with van der Waals surface area (Å²) in [5.74, 6) is -0.373. The second-order valence-electron chi connectivity index (χ2n) is 6.18. The third-order valence-electron chi connectivity index (χ3n) is 4.57. The summed E-state index contributed by atoms with van der Waals surface area (Å²) in [6, 6.07) is 10.0. The molecular formula is C18H16ClFN2O2S. The van der Waals surface area contributed by atoms with Gasteiger partial charge in [-0.2, -0.15) is 0 Å². The summed E-state index contributed by atoms with van der Waals surface area (Å²) in [7, 11) is 0. The van der Waals surface area contributed by atoms with Crippen LogP contribution in [0.5, 0.6) is 0 Å². The fourth-order valence-electron chi connectivity index (χ4n) is 3.40. The molecule has 4 rings (SSSR count). The monoisotopic (exact) mass is 378 g/mol. The largest absolute Gasteiger partial charge is 0.382 e. The SMILES string of the molecule is O=C([C@@H]1CC(c2ccc(Cl)s2)=NO1)N1CCC[C@H]1c1cccc(F)c1. The molecule has 1 aromatic carbocycles. The van der Waals surface area contributed by atoms with Gasteiger partial charge < -0.3 is 9.74 Å². The first-order valence-electron chi connectivity index (χ1n) is 8.16. The molecule has 0 bridgehead atoms. The molecule has 130 valence electrons. The number of halogens is 2. The molecule has 2 atom stereocenters. The van der Waals surface area contributed by atoms with Crippen molar-refractivity contribution in [1.29, 1.82) is 0 Å². The molecule has 2 aliphatic heterocycles. The van der Waals surface area contributed by atoms with Gasteiger partial charge in [0.05, 0.1) is 15.3 Å². The minimum absolute atomic E-state index is 0.0897. The first-order valence-corrected chi connectivity index (χ1v) is 9.35. The molecule has 0 radical (unpaired) electrons. The third-order valence-corrected chi connectivity index (χ3v) is 5.85. The molecule has 0 aliphatic carbocycles. The van der Waals surface area contributed by atoms with Crippen LogP contribution in [0.1, 0.15) is 35.7 Å². The Labute approximate surface area is 153 Å². The van der Waals surface area contributed by atoms with Crippen LogP contribution in [0.25, 0.3) is 0 Å². The van der Waals surface area contributed by atoms with Crippen molar-refractivity contribution in [2.24, 2.45) is 5.16 Å². The van der Waals surface area contributed by atoms with Crippen LogP contribution < -0.4 is 0 Å². The van der Waals surface area contributed by atoms with E-state index < -0.39 is 6.10 Å². The van der Waals surface area contributed by atoms with E-state index in [1.54, 1.807) is 17.0 Å². The summed E-state index contributed by atoms with van der Waals surface area (Å²) in [6.45, 7) is 0.653. The fraction of sp³-hybridized carbons (Fsp3) is 0.333. The van der Waals surface area contributed by atoms with Crippen LogP contribution in [0.4, 0.5) is 4.39 Å². The van der Waals surface area contributed by atoms with Crippen LogP contribution in [0.15, 0.2) is 41.6 Å². The van der Waals surface area contributed by atoms with E-state index in [-0.39, 0.29) is 17.8 Å². The number of hydrogen-bond donors (Lipinski definition) is 0.